The molecule has 3 aromatic carbocycles. The van der Waals surface area contributed by atoms with E-state index in [1.807, 2.05) is 96.0 Å². The fourth-order valence-electron chi connectivity index (χ4n) is 6.15. The highest BCUT2D eigenvalue weighted by molar-refractivity contribution is 5.95. The van der Waals surface area contributed by atoms with Gasteiger partial charge >= 0.3 is 6.18 Å². The second-order valence-corrected chi connectivity index (χ2v) is 12.5. The summed E-state index contributed by atoms with van der Waals surface area (Å²) in [6.45, 7) is 3.24. The lowest BCUT2D eigenvalue weighted by atomic mass is 10.0. The van der Waals surface area contributed by atoms with Crippen molar-refractivity contribution in [1.82, 2.24) is 24.7 Å². The zero-order chi connectivity index (χ0) is 35.6. The number of hydrogen-bond acceptors (Lipinski definition) is 5. The van der Waals surface area contributed by atoms with Gasteiger partial charge in [0.25, 0.3) is 0 Å². The van der Waals surface area contributed by atoms with Crippen LogP contribution in [-0.2, 0) is 35.3 Å². The molecule has 1 aliphatic heterocycles. The minimum absolute atomic E-state index is 0.142. The Bertz CT molecular complexity index is 1900. The van der Waals surface area contributed by atoms with Crippen LogP contribution in [0.15, 0.2) is 134 Å². The number of hydrogen-bond donors (Lipinski definition) is 0. The first-order valence-electron chi connectivity index (χ1n) is 16.8. The quantitative estimate of drug-likeness (QED) is 0.138. The molecule has 0 saturated carbocycles. The van der Waals surface area contributed by atoms with E-state index in [0.29, 0.717) is 38.2 Å². The minimum atomic E-state index is -4.46. The topological polar surface area (TPSA) is 69.6 Å². The monoisotopic (exact) mass is 689 g/mol. The van der Waals surface area contributed by atoms with Crippen LogP contribution in [0.3, 0.4) is 0 Å². The SMILES string of the molecule is O=C([C@H](Cc1ccccc1)N(Cc1ccc(-c2ccccn2)cc1)C(=O)/C=C\c1ccc(C(F)(F)F)cc1)N1CCN(Cc2cccnc2)CC1. The highest BCUT2D eigenvalue weighted by atomic mass is 19.4. The van der Waals surface area contributed by atoms with Gasteiger partial charge < -0.3 is 9.80 Å². The molecule has 1 fully saturated rings. The molecule has 51 heavy (non-hydrogen) atoms. The lowest BCUT2D eigenvalue weighted by Gasteiger charge is -2.39. The summed E-state index contributed by atoms with van der Waals surface area (Å²) in [4.78, 5) is 43.0. The predicted molar refractivity (Wildman–Crippen MR) is 191 cm³/mol. The van der Waals surface area contributed by atoms with Crippen LogP contribution in [-0.4, -0.2) is 68.7 Å². The van der Waals surface area contributed by atoms with E-state index in [4.69, 9.17) is 0 Å². The maximum atomic E-state index is 14.5. The zero-order valence-electron chi connectivity index (χ0n) is 28.0. The number of benzene rings is 3. The van der Waals surface area contributed by atoms with Gasteiger partial charge in [-0.15, -0.1) is 0 Å². The van der Waals surface area contributed by atoms with E-state index in [1.54, 1.807) is 17.3 Å². The first-order chi connectivity index (χ1) is 24.7. The largest absolute Gasteiger partial charge is 0.416 e. The Hall–Kier alpha value is -5.61. The third-order valence-electron chi connectivity index (χ3n) is 8.95. The summed E-state index contributed by atoms with van der Waals surface area (Å²) in [7, 11) is 0. The van der Waals surface area contributed by atoms with E-state index >= 15 is 0 Å². The van der Waals surface area contributed by atoms with Gasteiger partial charge in [-0.2, -0.15) is 13.2 Å². The number of aromatic nitrogens is 2. The van der Waals surface area contributed by atoms with Gasteiger partial charge in [0.1, 0.15) is 6.04 Å². The Labute approximate surface area is 295 Å². The highest BCUT2D eigenvalue weighted by Gasteiger charge is 2.34. The molecule has 1 aliphatic rings. The first kappa shape index (κ1) is 35.2. The third kappa shape index (κ3) is 9.55. The van der Waals surface area contributed by atoms with Crippen molar-refractivity contribution in [2.24, 2.45) is 0 Å². The van der Waals surface area contributed by atoms with Crippen molar-refractivity contribution in [2.75, 3.05) is 26.2 Å². The van der Waals surface area contributed by atoms with Crippen molar-refractivity contribution >= 4 is 17.9 Å². The molecular formula is C41H38F3N5O2. The average molecular weight is 690 g/mol. The second-order valence-electron chi connectivity index (χ2n) is 12.5. The summed E-state index contributed by atoms with van der Waals surface area (Å²) in [5.41, 5.74) is 4.23. The van der Waals surface area contributed by atoms with Gasteiger partial charge in [0.15, 0.2) is 0 Å². The zero-order valence-corrected chi connectivity index (χ0v) is 28.0. The molecule has 3 heterocycles. The molecule has 10 heteroatoms. The Morgan fingerprint density at radius 1 is 0.765 bits per heavy atom. The molecule has 6 rings (SSSR count). The molecule has 2 amide bonds. The molecular weight excluding hydrogens is 651 g/mol. The van der Waals surface area contributed by atoms with E-state index in [2.05, 4.69) is 14.9 Å². The number of piperazine rings is 1. The maximum Gasteiger partial charge on any atom is 0.416 e. The van der Waals surface area contributed by atoms with E-state index in [1.165, 1.54) is 24.3 Å². The lowest BCUT2D eigenvalue weighted by Crippen LogP contribution is -2.56. The van der Waals surface area contributed by atoms with Gasteiger partial charge in [-0.1, -0.05) is 78.9 Å². The predicted octanol–water partition coefficient (Wildman–Crippen LogP) is 7.16. The standard InChI is InChI=1S/C41H38F3N5O2/c42-41(43,44)36-18-13-31(14-19-36)15-20-39(50)49(30-33-11-16-35(17-12-33)37-10-4-5-22-46-37)38(27-32-7-2-1-3-8-32)40(51)48-25-23-47(24-26-48)29-34-9-6-21-45-28-34/h1-22,28,38H,23-27,29-30H2/b20-15-/t38-/m0/s1. The third-order valence-corrected chi connectivity index (χ3v) is 8.95. The summed E-state index contributed by atoms with van der Waals surface area (Å²) in [5.74, 6) is -0.575. The van der Waals surface area contributed by atoms with Gasteiger partial charge in [-0.25, -0.2) is 0 Å². The Morgan fingerprint density at radius 3 is 2.12 bits per heavy atom. The first-order valence-corrected chi connectivity index (χ1v) is 16.8. The average Bonchev–Trinajstić information content (AvgIpc) is 3.16. The van der Waals surface area contributed by atoms with Crippen molar-refractivity contribution in [3.05, 3.63) is 162 Å². The number of carbonyl (C=O) groups is 2. The van der Waals surface area contributed by atoms with Crippen molar-refractivity contribution in [2.45, 2.75) is 31.7 Å². The molecule has 0 bridgehead atoms. The molecule has 5 aromatic rings. The molecule has 2 aromatic heterocycles. The molecule has 0 aliphatic carbocycles. The Kier molecular flexibility index (Phi) is 11.3. The normalized spacial score (nSPS) is 14.4. The molecule has 260 valence electrons. The van der Waals surface area contributed by atoms with E-state index < -0.39 is 23.7 Å². The van der Waals surface area contributed by atoms with Crippen molar-refractivity contribution in [1.29, 1.82) is 0 Å². The maximum absolute atomic E-state index is 14.5. The molecule has 0 radical (unpaired) electrons. The van der Waals surface area contributed by atoms with Gasteiger partial charge in [-0.3, -0.25) is 24.5 Å². The number of amides is 2. The van der Waals surface area contributed by atoms with Crippen molar-refractivity contribution in [3.8, 4) is 11.3 Å². The van der Waals surface area contributed by atoms with E-state index in [-0.39, 0.29) is 12.5 Å². The Morgan fingerprint density at radius 2 is 1.47 bits per heavy atom. The van der Waals surface area contributed by atoms with E-state index in [9.17, 15) is 22.8 Å². The number of nitrogens with zero attached hydrogens (tertiary/aromatic N) is 5. The molecule has 0 N–H and O–H groups in total. The summed E-state index contributed by atoms with van der Waals surface area (Å²) < 4.78 is 39.5. The molecule has 1 atom stereocenters. The molecule has 7 nitrogen and oxygen atoms in total. The van der Waals surface area contributed by atoms with Gasteiger partial charge in [0.2, 0.25) is 11.8 Å². The van der Waals surface area contributed by atoms with Crippen LogP contribution in [0, 0.1) is 0 Å². The summed E-state index contributed by atoms with van der Waals surface area (Å²) in [5, 5.41) is 0. The number of carbonyl (C=O) groups excluding carboxylic acids is 2. The fourth-order valence-corrected chi connectivity index (χ4v) is 6.15. The van der Waals surface area contributed by atoms with Crippen LogP contribution < -0.4 is 0 Å². The van der Waals surface area contributed by atoms with Gasteiger partial charge in [0.05, 0.1) is 11.3 Å². The fraction of sp³-hybridized carbons (Fsp3) is 0.220. The number of halogens is 3. The van der Waals surface area contributed by atoms with Crippen molar-refractivity contribution in [3.63, 3.8) is 0 Å². The molecule has 0 spiro atoms. The Balaban J connectivity index is 1.28. The number of rotatable bonds is 11. The molecule has 1 saturated heterocycles. The number of pyridine rings is 2. The van der Waals surface area contributed by atoms with Crippen LogP contribution in [0.25, 0.3) is 17.3 Å². The smallest absolute Gasteiger partial charge is 0.338 e. The van der Waals surface area contributed by atoms with Crippen LogP contribution >= 0.6 is 0 Å². The summed E-state index contributed by atoms with van der Waals surface area (Å²) >= 11 is 0. The van der Waals surface area contributed by atoms with Crippen LogP contribution in [0.4, 0.5) is 13.2 Å². The van der Waals surface area contributed by atoms with Crippen LogP contribution in [0.1, 0.15) is 27.8 Å². The summed E-state index contributed by atoms with van der Waals surface area (Å²) in [6, 6.07) is 30.7. The van der Waals surface area contributed by atoms with Gasteiger partial charge in [-0.05, 0) is 58.7 Å². The minimum Gasteiger partial charge on any atom is -0.338 e. The van der Waals surface area contributed by atoms with Crippen LogP contribution in [0.5, 0.6) is 0 Å². The number of alkyl halides is 3. The van der Waals surface area contributed by atoms with Crippen molar-refractivity contribution < 1.29 is 22.8 Å². The van der Waals surface area contributed by atoms with Gasteiger partial charge in [0, 0.05) is 75.9 Å². The summed E-state index contributed by atoms with van der Waals surface area (Å²) in [6.07, 6.45) is 3.97. The highest BCUT2D eigenvalue weighted by Crippen LogP contribution is 2.29. The lowest BCUT2D eigenvalue weighted by molar-refractivity contribution is -0.145. The van der Waals surface area contributed by atoms with E-state index in [0.717, 1.165) is 46.6 Å². The second kappa shape index (κ2) is 16.4. The molecule has 0 unspecified atom stereocenters. The van der Waals surface area contributed by atoms with Crippen LogP contribution in [0.2, 0.25) is 0 Å².